The minimum atomic E-state index is -1.11. The van der Waals surface area contributed by atoms with Crippen LogP contribution in [0.15, 0.2) is 12.4 Å². The van der Waals surface area contributed by atoms with Gasteiger partial charge in [0, 0.05) is 6.20 Å². The molecule has 2 N–H and O–H groups in total. The molecule has 19 heavy (non-hydrogen) atoms. The van der Waals surface area contributed by atoms with Gasteiger partial charge < -0.3 is 10.4 Å². The first-order chi connectivity index (χ1) is 8.58. The van der Waals surface area contributed by atoms with Gasteiger partial charge in [-0.1, -0.05) is 0 Å². The number of rotatable bonds is 4. The maximum atomic E-state index is 12.0. The van der Waals surface area contributed by atoms with Crippen LogP contribution < -0.4 is 5.32 Å². The van der Waals surface area contributed by atoms with Crippen LogP contribution >= 0.6 is 0 Å². The molecule has 0 atom stereocenters. The van der Waals surface area contributed by atoms with Crippen LogP contribution in [-0.4, -0.2) is 32.5 Å². The Morgan fingerprint density at radius 1 is 1.16 bits per heavy atom. The maximum absolute atomic E-state index is 12.0. The Labute approximate surface area is 112 Å². The normalized spacial score (nSPS) is 12.1. The second-order valence-electron chi connectivity index (χ2n) is 5.55. The summed E-state index contributed by atoms with van der Waals surface area (Å²) in [6.45, 7) is 8.24. The molecule has 1 amide bonds. The van der Waals surface area contributed by atoms with Crippen molar-refractivity contribution in [3.8, 4) is 0 Å². The number of amides is 1. The molecule has 0 aliphatic rings. The van der Waals surface area contributed by atoms with Crippen LogP contribution in [0.5, 0.6) is 0 Å². The highest BCUT2D eigenvalue weighted by Gasteiger charge is 2.44. The lowest BCUT2D eigenvalue weighted by atomic mass is 9.74. The lowest BCUT2D eigenvalue weighted by Gasteiger charge is -2.38. The first-order valence-electron chi connectivity index (χ1n) is 5.92. The molecule has 0 aliphatic carbocycles. The van der Waals surface area contributed by atoms with Crippen molar-refractivity contribution in [2.45, 2.75) is 40.2 Å². The van der Waals surface area contributed by atoms with E-state index in [0.717, 1.165) is 0 Å². The van der Waals surface area contributed by atoms with Crippen LogP contribution in [0.1, 0.15) is 43.9 Å². The van der Waals surface area contributed by atoms with Crippen molar-refractivity contribution in [1.82, 2.24) is 15.3 Å². The monoisotopic (exact) mass is 265 g/mol. The number of aliphatic carboxylic acids is 1. The highest BCUT2D eigenvalue weighted by Crippen LogP contribution is 2.30. The highest BCUT2D eigenvalue weighted by atomic mass is 16.4. The molecule has 0 aromatic carbocycles. The van der Waals surface area contributed by atoms with Crippen molar-refractivity contribution < 1.29 is 14.7 Å². The molecule has 0 saturated carbocycles. The fourth-order valence-electron chi connectivity index (χ4n) is 1.28. The number of hydrogen-bond acceptors (Lipinski definition) is 4. The van der Waals surface area contributed by atoms with Crippen molar-refractivity contribution in [1.29, 1.82) is 0 Å². The van der Waals surface area contributed by atoms with Gasteiger partial charge in [0.05, 0.1) is 22.8 Å². The van der Waals surface area contributed by atoms with Crippen molar-refractivity contribution in [3.05, 3.63) is 23.8 Å². The minimum absolute atomic E-state index is 0.167. The number of hydrogen-bond donors (Lipinski definition) is 2. The number of carbonyl (C=O) groups is 2. The molecule has 0 spiro atoms. The van der Waals surface area contributed by atoms with Gasteiger partial charge in [0.1, 0.15) is 5.69 Å². The molecule has 1 aromatic rings. The summed E-state index contributed by atoms with van der Waals surface area (Å²) in [5.74, 6) is -1.42. The van der Waals surface area contributed by atoms with E-state index in [1.54, 1.807) is 34.6 Å². The zero-order chi connectivity index (χ0) is 14.8. The van der Waals surface area contributed by atoms with Gasteiger partial charge in [-0.2, -0.15) is 0 Å². The van der Waals surface area contributed by atoms with Gasteiger partial charge in [-0.05, 0) is 34.6 Å². The predicted molar refractivity (Wildman–Crippen MR) is 69.7 cm³/mol. The SMILES string of the molecule is Cc1cnc(C(=O)NC(C)(C)C(C)(C)C(=O)O)cn1. The average Bonchev–Trinajstić information content (AvgIpc) is 2.28. The van der Waals surface area contributed by atoms with Gasteiger partial charge in [0.15, 0.2) is 0 Å². The summed E-state index contributed by atoms with van der Waals surface area (Å²) in [4.78, 5) is 31.2. The van der Waals surface area contributed by atoms with E-state index in [1.807, 2.05) is 0 Å². The van der Waals surface area contributed by atoms with Crippen LogP contribution in [0.3, 0.4) is 0 Å². The lowest BCUT2D eigenvalue weighted by Crippen LogP contribution is -2.57. The Bertz CT molecular complexity index is 492. The van der Waals surface area contributed by atoms with E-state index in [2.05, 4.69) is 15.3 Å². The summed E-state index contributed by atoms with van der Waals surface area (Å²) in [5, 5.41) is 11.9. The highest BCUT2D eigenvalue weighted by molar-refractivity contribution is 5.93. The molecule has 104 valence electrons. The summed E-state index contributed by atoms with van der Waals surface area (Å²) >= 11 is 0. The molecule has 0 unspecified atom stereocenters. The van der Waals surface area contributed by atoms with Gasteiger partial charge in [-0.15, -0.1) is 0 Å². The largest absolute Gasteiger partial charge is 0.481 e. The third-order valence-electron chi connectivity index (χ3n) is 3.54. The smallest absolute Gasteiger partial charge is 0.311 e. The molecule has 0 aliphatic heterocycles. The zero-order valence-electron chi connectivity index (χ0n) is 11.8. The number of nitrogens with zero attached hydrogens (tertiary/aromatic N) is 2. The van der Waals surface area contributed by atoms with E-state index in [-0.39, 0.29) is 5.69 Å². The molecule has 0 radical (unpaired) electrons. The average molecular weight is 265 g/mol. The van der Waals surface area contributed by atoms with E-state index >= 15 is 0 Å². The van der Waals surface area contributed by atoms with Crippen molar-refractivity contribution in [2.75, 3.05) is 0 Å². The molecule has 0 saturated heterocycles. The molecule has 1 rings (SSSR count). The summed E-state index contributed by atoms with van der Waals surface area (Å²) in [5.41, 5.74) is -1.16. The molecule has 0 fully saturated rings. The van der Waals surface area contributed by atoms with E-state index in [1.165, 1.54) is 12.4 Å². The van der Waals surface area contributed by atoms with E-state index < -0.39 is 22.8 Å². The number of aromatic nitrogens is 2. The quantitative estimate of drug-likeness (QED) is 0.858. The fourth-order valence-corrected chi connectivity index (χ4v) is 1.28. The third kappa shape index (κ3) is 3.07. The first kappa shape index (κ1) is 15.1. The number of carbonyl (C=O) groups excluding carboxylic acids is 1. The Morgan fingerprint density at radius 2 is 1.74 bits per heavy atom. The van der Waals surface area contributed by atoms with Crippen molar-refractivity contribution >= 4 is 11.9 Å². The van der Waals surface area contributed by atoms with Crippen LogP contribution in [0, 0.1) is 12.3 Å². The van der Waals surface area contributed by atoms with Crippen molar-refractivity contribution in [3.63, 3.8) is 0 Å². The summed E-state index contributed by atoms with van der Waals surface area (Å²) < 4.78 is 0. The lowest BCUT2D eigenvalue weighted by molar-refractivity contribution is -0.150. The molecule has 6 heteroatoms. The van der Waals surface area contributed by atoms with Crippen LogP contribution in [0.4, 0.5) is 0 Å². The summed E-state index contributed by atoms with van der Waals surface area (Å²) in [6, 6.07) is 0. The first-order valence-corrected chi connectivity index (χ1v) is 5.92. The van der Waals surface area contributed by atoms with Crippen LogP contribution in [-0.2, 0) is 4.79 Å². The Morgan fingerprint density at radius 3 is 2.16 bits per heavy atom. The Kier molecular flexibility index (Phi) is 3.93. The molecule has 1 heterocycles. The zero-order valence-corrected chi connectivity index (χ0v) is 11.8. The van der Waals surface area contributed by atoms with Crippen molar-refractivity contribution in [2.24, 2.45) is 5.41 Å². The number of nitrogens with one attached hydrogen (secondary N) is 1. The molecule has 6 nitrogen and oxygen atoms in total. The number of carboxylic acids is 1. The Hall–Kier alpha value is -1.98. The van der Waals surface area contributed by atoms with Gasteiger partial charge >= 0.3 is 5.97 Å². The standard InChI is InChI=1S/C13H19N3O3/c1-8-6-15-9(7-14-8)10(17)16-13(4,5)12(2,3)11(18)19/h6-7H,1-5H3,(H,16,17)(H,18,19). The molecular weight excluding hydrogens is 246 g/mol. The Balaban J connectivity index is 2.92. The maximum Gasteiger partial charge on any atom is 0.311 e. The molecular formula is C13H19N3O3. The molecule has 1 aromatic heterocycles. The number of carboxylic acid groups (broad SMARTS) is 1. The van der Waals surface area contributed by atoms with E-state index in [0.29, 0.717) is 5.69 Å². The minimum Gasteiger partial charge on any atom is -0.481 e. The van der Waals surface area contributed by atoms with E-state index in [9.17, 15) is 14.7 Å². The van der Waals surface area contributed by atoms with E-state index in [4.69, 9.17) is 0 Å². The number of aryl methyl sites for hydroxylation is 1. The van der Waals surface area contributed by atoms with Gasteiger partial charge in [0.25, 0.3) is 5.91 Å². The van der Waals surface area contributed by atoms with Gasteiger partial charge in [0.2, 0.25) is 0 Å². The summed E-state index contributed by atoms with van der Waals surface area (Å²) in [7, 11) is 0. The second-order valence-corrected chi connectivity index (χ2v) is 5.55. The fraction of sp³-hybridized carbons (Fsp3) is 0.538. The van der Waals surface area contributed by atoms with Crippen LogP contribution in [0.25, 0.3) is 0 Å². The second kappa shape index (κ2) is 4.95. The topological polar surface area (TPSA) is 92.2 Å². The predicted octanol–water partition coefficient (Wildman–Crippen LogP) is 1.40. The third-order valence-corrected chi connectivity index (χ3v) is 3.54. The molecule has 0 bridgehead atoms. The van der Waals surface area contributed by atoms with Gasteiger partial charge in [-0.25, -0.2) is 4.98 Å². The van der Waals surface area contributed by atoms with Gasteiger partial charge in [-0.3, -0.25) is 14.6 Å². The summed E-state index contributed by atoms with van der Waals surface area (Å²) in [6.07, 6.45) is 2.86. The van der Waals surface area contributed by atoms with Crippen LogP contribution in [0.2, 0.25) is 0 Å².